The largest absolute Gasteiger partial charge is 0.493 e. The summed E-state index contributed by atoms with van der Waals surface area (Å²) in [6.07, 6.45) is 0. The van der Waals surface area contributed by atoms with E-state index in [1.54, 1.807) is 6.07 Å². The number of rotatable bonds is 6. The Morgan fingerprint density at radius 1 is 1.12 bits per heavy atom. The lowest BCUT2D eigenvalue weighted by Gasteiger charge is -2.16. The summed E-state index contributed by atoms with van der Waals surface area (Å²) in [6.45, 7) is 0. The summed E-state index contributed by atoms with van der Waals surface area (Å²) in [5, 5.41) is 13.4. The van der Waals surface area contributed by atoms with Crippen LogP contribution in [-0.2, 0) is 0 Å². The maximum absolute atomic E-state index is 12.6. The number of nitro groups is 1. The highest BCUT2D eigenvalue weighted by Gasteiger charge is 2.23. The third kappa shape index (κ3) is 3.82. The molecule has 0 radical (unpaired) electrons. The third-order valence-corrected chi connectivity index (χ3v) is 4.12. The number of nitrogens with zero attached hydrogens (tertiary/aromatic N) is 1. The Morgan fingerprint density at radius 2 is 1.80 bits per heavy atom. The van der Waals surface area contributed by atoms with Gasteiger partial charge in [0.1, 0.15) is 0 Å². The van der Waals surface area contributed by atoms with Gasteiger partial charge in [-0.25, -0.2) is 0 Å². The van der Waals surface area contributed by atoms with Crippen molar-refractivity contribution in [2.75, 3.05) is 26.6 Å². The van der Waals surface area contributed by atoms with E-state index in [4.69, 9.17) is 14.2 Å². The van der Waals surface area contributed by atoms with Gasteiger partial charge in [0.2, 0.25) is 5.75 Å². The predicted octanol–water partition coefficient (Wildman–Crippen LogP) is 3.64. The van der Waals surface area contributed by atoms with Crippen molar-refractivity contribution in [3.05, 3.63) is 50.5 Å². The fourth-order valence-corrected chi connectivity index (χ4v) is 2.82. The van der Waals surface area contributed by atoms with Crippen molar-refractivity contribution in [3.63, 3.8) is 0 Å². The molecular weight excluding hydrogens is 396 g/mol. The minimum Gasteiger partial charge on any atom is -0.493 e. The van der Waals surface area contributed by atoms with Crippen molar-refractivity contribution in [1.29, 1.82) is 0 Å². The van der Waals surface area contributed by atoms with Gasteiger partial charge in [0.15, 0.2) is 11.5 Å². The first-order chi connectivity index (χ1) is 11.9. The van der Waals surface area contributed by atoms with Crippen LogP contribution in [0.4, 0.5) is 11.4 Å². The number of hydrogen-bond acceptors (Lipinski definition) is 6. The zero-order chi connectivity index (χ0) is 18.6. The van der Waals surface area contributed by atoms with E-state index in [0.29, 0.717) is 27.4 Å². The second kappa shape index (κ2) is 7.84. The third-order valence-electron chi connectivity index (χ3n) is 3.33. The first kappa shape index (κ1) is 18.5. The van der Waals surface area contributed by atoms with Crippen molar-refractivity contribution < 1.29 is 23.9 Å². The number of methoxy groups -OCH3 is 3. The summed E-state index contributed by atoms with van der Waals surface area (Å²) in [5.41, 5.74) is 0.391. The van der Waals surface area contributed by atoms with Crippen LogP contribution in [0.15, 0.2) is 34.8 Å². The number of benzene rings is 2. The summed E-state index contributed by atoms with van der Waals surface area (Å²) in [5.74, 6) is 0.452. The van der Waals surface area contributed by atoms with Gasteiger partial charge in [-0.1, -0.05) is 6.07 Å². The SMILES string of the molecule is COc1cc(C(=O)Nc2cccc([N+](=O)[O-])c2)c(Br)c(OC)c1OC. The summed E-state index contributed by atoms with van der Waals surface area (Å²) < 4.78 is 16.1. The smallest absolute Gasteiger partial charge is 0.271 e. The van der Waals surface area contributed by atoms with Crippen LogP contribution in [0.1, 0.15) is 10.4 Å². The first-order valence-corrected chi connectivity index (χ1v) is 7.76. The molecule has 0 saturated heterocycles. The number of ether oxygens (including phenoxy) is 3. The molecule has 2 rings (SSSR count). The Hall–Kier alpha value is -2.81. The zero-order valence-electron chi connectivity index (χ0n) is 13.7. The van der Waals surface area contributed by atoms with Gasteiger partial charge in [-0.2, -0.15) is 0 Å². The molecular formula is C16H15BrN2O6. The average Bonchev–Trinajstić information content (AvgIpc) is 2.61. The molecule has 0 aromatic heterocycles. The highest BCUT2D eigenvalue weighted by atomic mass is 79.9. The molecule has 1 amide bonds. The molecule has 0 aliphatic carbocycles. The number of carbonyl (C=O) groups excluding carboxylic acids is 1. The van der Waals surface area contributed by atoms with Gasteiger partial charge in [-0.15, -0.1) is 0 Å². The first-order valence-electron chi connectivity index (χ1n) is 6.97. The minimum absolute atomic E-state index is 0.123. The lowest BCUT2D eigenvalue weighted by atomic mass is 10.1. The van der Waals surface area contributed by atoms with E-state index >= 15 is 0 Å². The minimum atomic E-state index is -0.537. The van der Waals surface area contributed by atoms with Crippen LogP contribution in [-0.4, -0.2) is 32.2 Å². The Labute approximate surface area is 152 Å². The van der Waals surface area contributed by atoms with Crippen molar-refractivity contribution in [2.45, 2.75) is 0 Å². The molecule has 0 atom stereocenters. The lowest BCUT2D eigenvalue weighted by molar-refractivity contribution is -0.384. The highest BCUT2D eigenvalue weighted by molar-refractivity contribution is 9.10. The molecule has 9 heteroatoms. The second-order valence-corrected chi connectivity index (χ2v) is 5.56. The van der Waals surface area contributed by atoms with Gasteiger partial charge < -0.3 is 19.5 Å². The van der Waals surface area contributed by atoms with Crippen LogP contribution in [0.3, 0.4) is 0 Å². The van der Waals surface area contributed by atoms with Gasteiger partial charge in [-0.3, -0.25) is 14.9 Å². The molecule has 0 fully saturated rings. The van der Waals surface area contributed by atoms with Gasteiger partial charge in [0.05, 0.1) is 36.3 Å². The standard InChI is InChI=1S/C16H15BrN2O6/c1-23-12-8-11(13(17)15(25-3)14(12)24-2)16(20)18-9-5-4-6-10(7-9)19(21)22/h4-8H,1-3H3,(H,18,20). The van der Waals surface area contributed by atoms with Gasteiger partial charge >= 0.3 is 0 Å². The van der Waals surface area contributed by atoms with Crippen LogP contribution in [0.5, 0.6) is 17.2 Å². The molecule has 0 bridgehead atoms. The number of hydrogen-bond donors (Lipinski definition) is 1. The summed E-state index contributed by atoms with van der Waals surface area (Å²) >= 11 is 3.32. The molecule has 0 unspecified atom stereocenters. The molecule has 25 heavy (non-hydrogen) atoms. The number of carbonyl (C=O) groups is 1. The molecule has 2 aromatic carbocycles. The van der Waals surface area contributed by atoms with Gasteiger partial charge in [0.25, 0.3) is 11.6 Å². The maximum Gasteiger partial charge on any atom is 0.271 e. The summed E-state index contributed by atoms with van der Waals surface area (Å²) in [7, 11) is 4.33. The topological polar surface area (TPSA) is 99.9 Å². The lowest BCUT2D eigenvalue weighted by Crippen LogP contribution is -2.14. The average molecular weight is 411 g/mol. The van der Waals surface area contributed by atoms with Crippen molar-refractivity contribution in [3.8, 4) is 17.2 Å². The highest BCUT2D eigenvalue weighted by Crippen LogP contribution is 2.44. The Balaban J connectivity index is 2.42. The molecule has 0 heterocycles. The molecule has 0 saturated carbocycles. The summed E-state index contributed by atoms with van der Waals surface area (Å²) in [6, 6.07) is 7.13. The Kier molecular flexibility index (Phi) is 5.81. The van der Waals surface area contributed by atoms with E-state index in [2.05, 4.69) is 21.2 Å². The van der Waals surface area contributed by atoms with Crippen LogP contribution >= 0.6 is 15.9 Å². The number of halogens is 1. The second-order valence-electron chi connectivity index (χ2n) is 4.77. The normalized spacial score (nSPS) is 10.1. The fraction of sp³-hybridized carbons (Fsp3) is 0.188. The molecule has 1 N–H and O–H groups in total. The van der Waals surface area contributed by atoms with E-state index in [9.17, 15) is 14.9 Å². The van der Waals surface area contributed by atoms with E-state index < -0.39 is 10.8 Å². The monoisotopic (exact) mass is 410 g/mol. The van der Waals surface area contributed by atoms with E-state index in [1.165, 1.54) is 45.6 Å². The van der Waals surface area contributed by atoms with Gasteiger partial charge in [0, 0.05) is 17.8 Å². The van der Waals surface area contributed by atoms with Crippen molar-refractivity contribution in [2.24, 2.45) is 0 Å². The number of nitro benzene ring substituents is 1. The molecule has 0 spiro atoms. The quantitative estimate of drug-likeness (QED) is 0.576. The molecule has 8 nitrogen and oxygen atoms in total. The molecule has 132 valence electrons. The van der Waals surface area contributed by atoms with Crippen LogP contribution in [0.25, 0.3) is 0 Å². The van der Waals surface area contributed by atoms with Crippen LogP contribution < -0.4 is 19.5 Å². The number of anilines is 1. The Morgan fingerprint density at radius 3 is 2.36 bits per heavy atom. The maximum atomic E-state index is 12.6. The number of amides is 1. The van der Waals surface area contributed by atoms with Crippen LogP contribution in [0.2, 0.25) is 0 Å². The van der Waals surface area contributed by atoms with Crippen molar-refractivity contribution in [1.82, 2.24) is 0 Å². The van der Waals surface area contributed by atoms with E-state index in [-0.39, 0.29) is 11.3 Å². The number of nitrogens with one attached hydrogen (secondary N) is 1. The molecule has 0 aliphatic rings. The Bertz CT molecular complexity index is 825. The predicted molar refractivity (Wildman–Crippen MR) is 94.8 cm³/mol. The van der Waals surface area contributed by atoms with Crippen LogP contribution in [0, 0.1) is 10.1 Å². The molecule has 2 aromatic rings. The van der Waals surface area contributed by atoms with E-state index in [0.717, 1.165) is 0 Å². The zero-order valence-corrected chi connectivity index (χ0v) is 15.2. The van der Waals surface area contributed by atoms with Gasteiger partial charge in [-0.05, 0) is 28.1 Å². The number of non-ortho nitro benzene ring substituents is 1. The van der Waals surface area contributed by atoms with Crippen molar-refractivity contribution >= 4 is 33.2 Å². The van der Waals surface area contributed by atoms with E-state index in [1.807, 2.05) is 0 Å². The summed E-state index contributed by atoms with van der Waals surface area (Å²) in [4.78, 5) is 22.9. The molecule has 0 aliphatic heterocycles. The fourth-order valence-electron chi connectivity index (χ4n) is 2.18.